The first-order valence-corrected chi connectivity index (χ1v) is 13.9. The number of rotatable bonds is 8. The molecule has 0 atom stereocenters. The molecule has 2 nitrogen and oxygen atoms in total. The Hall–Kier alpha value is -2.44. The Balaban J connectivity index is 2.06. The van der Waals surface area contributed by atoms with Crippen LogP contribution >= 0.6 is 7.26 Å². The zero-order valence-corrected chi connectivity index (χ0v) is 21.9. The molecule has 0 heterocycles. The van der Waals surface area contributed by atoms with Gasteiger partial charge >= 0.3 is 5.97 Å². The summed E-state index contributed by atoms with van der Waals surface area (Å²) in [6.45, 7) is 12.9. The third-order valence-electron chi connectivity index (χ3n) is 6.31. The maximum atomic E-state index is 12.2. The number of esters is 1. The lowest BCUT2D eigenvalue weighted by Gasteiger charge is -2.31. The number of aryl methyl sites for hydroxylation is 3. The van der Waals surface area contributed by atoms with Gasteiger partial charge in [-0.05, 0) is 89.3 Å². The number of hydrogen-bond acceptors (Lipinski definition) is 2. The molecular formula is C30H38O2P+. The van der Waals surface area contributed by atoms with Gasteiger partial charge in [0.05, 0.1) is 18.2 Å². The van der Waals surface area contributed by atoms with Gasteiger partial charge in [0, 0.05) is 0 Å². The van der Waals surface area contributed by atoms with Crippen LogP contribution in [0.25, 0.3) is 0 Å². The molecule has 0 unspecified atom stereocenters. The van der Waals surface area contributed by atoms with Gasteiger partial charge in [0.25, 0.3) is 0 Å². The SMILES string of the molecule is Cc1ccccc1[P+](CCCCOC(=O)C(C)(C)C)(c1ccccc1C)c1ccccc1C. The van der Waals surface area contributed by atoms with Crippen molar-refractivity contribution >= 4 is 29.1 Å². The highest BCUT2D eigenvalue weighted by molar-refractivity contribution is 7.96. The maximum Gasteiger partial charge on any atom is 0.311 e. The Bertz CT molecular complexity index is 983. The molecule has 0 bridgehead atoms. The van der Waals surface area contributed by atoms with Gasteiger partial charge < -0.3 is 4.74 Å². The molecule has 3 rings (SSSR count). The summed E-state index contributed by atoms with van der Waals surface area (Å²) in [7, 11) is -1.90. The van der Waals surface area contributed by atoms with Crippen molar-refractivity contribution in [1.82, 2.24) is 0 Å². The smallest absolute Gasteiger partial charge is 0.311 e. The zero-order valence-electron chi connectivity index (χ0n) is 21.0. The number of carbonyl (C=O) groups is 1. The fourth-order valence-corrected chi connectivity index (χ4v) is 9.81. The maximum absolute atomic E-state index is 12.2. The van der Waals surface area contributed by atoms with Crippen LogP contribution in [0.1, 0.15) is 50.3 Å². The summed E-state index contributed by atoms with van der Waals surface area (Å²) >= 11 is 0. The van der Waals surface area contributed by atoms with E-state index in [9.17, 15) is 4.79 Å². The Kier molecular flexibility index (Phi) is 8.14. The molecule has 3 aromatic carbocycles. The van der Waals surface area contributed by atoms with Gasteiger partial charge in [0.2, 0.25) is 0 Å². The van der Waals surface area contributed by atoms with E-state index in [0.29, 0.717) is 6.61 Å². The van der Waals surface area contributed by atoms with E-state index < -0.39 is 12.7 Å². The van der Waals surface area contributed by atoms with Crippen LogP contribution in [-0.4, -0.2) is 18.7 Å². The predicted molar refractivity (Wildman–Crippen MR) is 144 cm³/mol. The van der Waals surface area contributed by atoms with Crippen molar-refractivity contribution in [2.45, 2.75) is 54.4 Å². The highest BCUT2D eigenvalue weighted by atomic mass is 31.2. The molecule has 3 aromatic rings. The van der Waals surface area contributed by atoms with Crippen LogP contribution < -0.4 is 15.9 Å². The minimum atomic E-state index is -1.90. The van der Waals surface area contributed by atoms with Crippen molar-refractivity contribution in [3.63, 3.8) is 0 Å². The quantitative estimate of drug-likeness (QED) is 0.224. The Morgan fingerprint density at radius 1 is 0.697 bits per heavy atom. The van der Waals surface area contributed by atoms with Crippen LogP contribution in [-0.2, 0) is 9.53 Å². The van der Waals surface area contributed by atoms with Crippen molar-refractivity contribution in [1.29, 1.82) is 0 Å². The van der Waals surface area contributed by atoms with Crippen LogP contribution in [0.4, 0.5) is 0 Å². The van der Waals surface area contributed by atoms with E-state index >= 15 is 0 Å². The number of unbranched alkanes of at least 4 members (excludes halogenated alkanes) is 1. The third kappa shape index (κ3) is 5.56. The van der Waals surface area contributed by atoms with E-state index in [1.807, 2.05) is 20.8 Å². The molecule has 0 saturated carbocycles. The summed E-state index contributed by atoms with van der Waals surface area (Å²) in [5, 5.41) is 4.38. The van der Waals surface area contributed by atoms with Gasteiger partial charge in [0.1, 0.15) is 23.2 Å². The molecule has 0 aliphatic heterocycles. The van der Waals surface area contributed by atoms with Crippen molar-refractivity contribution in [3.8, 4) is 0 Å². The zero-order chi connectivity index (χ0) is 24.1. The minimum absolute atomic E-state index is 0.125. The molecular weight excluding hydrogens is 423 g/mol. The van der Waals surface area contributed by atoms with Gasteiger partial charge in [-0.3, -0.25) is 4.79 Å². The second-order valence-electron chi connectivity index (χ2n) is 9.99. The van der Waals surface area contributed by atoms with Gasteiger partial charge in [-0.15, -0.1) is 0 Å². The molecule has 0 aliphatic carbocycles. The monoisotopic (exact) mass is 461 g/mol. The first-order valence-electron chi connectivity index (χ1n) is 11.9. The van der Waals surface area contributed by atoms with Crippen LogP contribution in [0.3, 0.4) is 0 Å². The van der Waals surface area contributed by atoms with Crippen LogP contribution in [0.2, 0.25) is 0 Å². The van der Waals surface area contributed by atoms with Gasteiger partial charge in [0.15, 0.2) is 0 Å². The van der Waals surface area contributed by atoms with Gasteiger partial charge in [-0.25, -0.2) is 0 Å². The standard InChI is InChI=1S/C30H38O2P/c1-23-15-7-10-18-26(23)33(27-19-11-8-16-24(27)2,28-20-12-9-17-25(28)3)22-14-13-21-32-29(31)30(4,5)6/h7-12,15-20H,13-14,21-22H2,1-6H3/q+1. The fraction of sp³-hybridized carbons (Fsp3) is 0.367. The largest absolute Gasteiger partial charge is 0.465 e. The summed E-state index contributed by atoms with van der Waals surface area (Å²) < 4.78 is 5.58. The summed E-state index contributed by atoms with van der Waals surface area (Å²) in [6.07, 6.45) is 2.93. The summed E-state index contributed by atoms with van der Waals surface area (Å²) in [4.78, 5) is 12.2. The molecule has 0 aromatic heterocycles. The van der Waals surface area contributed by atoms with Crippen molar-refractivity contribution in [2.24, 2.45) is 5.41 Å². The Morgan fingerprint density at radius 2 is 1.09 bits per heavy atom. The van der Waals surface area contributed by atoms with Gasteiger partial charge in [-0.2, -0.15) is 0 Å². The molecule has 0 spiro atoms. The van der Waals surface area contributed by atoms with E-state index in [2.05, 4.69) is 93.6 Å². The highest BCUT2D eigenvalue weighted by Crippen LogP contribution is 2.57. The van der Waals surface area contributed by atoms with Crippen LogP contribution in [0.5, 0.6) is 0 Å². The van der Waals surface area contributed by atoms with E-state index in [1.54, 1.807) is 0 Å². The van der Waals surface area contributed by atoms with E-state index in [1.165, 1.54) is 32.6 Å². The van der Waals surface area contributed by atoms with E-state index in [4.69, 9.17) is 4.74 Å². The molecule has 3 heteroatoms. The summed E-state index contributed by atoms with van der Waals surface area (Å²) in [5.41, 5.74) is 3.57. The first kappa shape index (κ1) is 25.2. The molecule has 0 radical (unpaired) electrons. The van der Waals surface area contributed by atoms with E-state index in [0.717, 1.165) is 19.0 Å². The average Bonchev–Trinajstić information content (AvgIpc) is 2.77. The lowest BCUT2D eigenvalue weighted by atomic mass is 9.97. The number of hydrogen-bond donors (Lipinski definition) is 0. The van der Waals surface area contributed by atoms with Crippen LogP contribution in [0.15, 0.2) is 72.8 Å². The second-order valence-corrected chi connectivity index (χ2v) is 13.5. The molecule has 0 saturated heterocycles. The summed E-state index contributed by atoms with van der Waals surface area (Å²) in [5.74, 6) is -0.125. The molecule has 0 N–H and O–H groups in total. The lowest BCUT2D eigenvalue weighted by Crippen LogP contribution is -2.37. The van der Waals surface area contributed by atoms with Crippen LogP contribution in [0, 0.1) is 26.2 Å². The van der Waals surface area contributed by atoms with Crippen molar-refractivity contribution < 1.29 is 9.53 Å². The fourth-order valence-electron chi connectivity index (χ4n) is 4.56. The molecule has 174 valence electrons. The Labute approximate surface area is 200 Å². The minimum Gasteiger partial charge on any atom is -0.465 e. The third-order valence-corrected chi connectivity index (χ3v) is 11.3. The number of carbonyl (C=O) groups excluding carboxylic acids is 1. The molecule has 33 heavy (non-hydrogen) atoms. The van der Waals surface area contributed by atoms with Gasteiger partial charge in [-0.1, -0.05) is 54.6 Å². The average molecular weight is 462 g/mol. The van der Waals surface area contributed by atoms with E-state index in [-0.39, 0.29) is 5.97 Å². The topological polar surface area (TPSA) is 26.3 Å². The molecule has 0 fully saturated rings. The van der Waals surface area contributed by atoms with Crippen molar-refractivity contribution in [2.75, 3.05) is 12.8 Å². The molecule has 0 aliphatic rings. The Morgan fingerprint density at radius 3 is 1.45 bits per heavy atom. The predicted octanol–water partition coefficient (Wildman–Crippen LogP) is 6.28. The summed E-state index contributed by atoms with van der Waals surface area (Å²) in [6, 6.07) is 26.7. The first-order chi connectivity index (χ1) is 15.7. The lowest BCUT2D eigenvalue weighted by molar-refractivity contribution is -0.153. The molecule has 0 amide bonds. The second kappa shape index (κ2) is 10.7. The number of ether oxygens (including phenoxy) is 1. The van der Waals surface area contributed by atoms with Crippen molar-refractivity contribution in [3.05, 3.63) is 89.5 Å². The normalized spacial score (nSPS) is 11.9. The highest BCUT2D eigenvalue weighted by Gasteiger charge is 2.47. The number of benzene rings is 3.